The van der Waals surface area contributed by atoms with Gasteiger partial charge < -0.3 is 9.47 Å². The van der Waals surface area contributed by atoms with Crippen LogP contribution in [0.5, 0.6) is 11.5 Å². The lowest BCUT2D eigenvalue weighted by Gasteiger charge is -2.08. The van der Waals surface area contributed by atoms with Gasteiger partial charge in [-0.2, -0.15) is 13.5 Å². The van der Waals surface area contributed by atoms with E-state index in [9.17, 15) is 13.2 Å². The Balaban J connectivity index is 1.66. The van der Waals surface area contributed by atoms with Crippen LogP contribution in [-0.2, 0) is 14.8 Å². The van der Waals surface area contributed by atoms with Crippen LogP contribution in [0.15, 0.2) is 94.9 Å². The first kappa shape index (κ1) is 21.8. The van der Waals surface area contributed by atoms with Crippen LogP contribution in [0.1, 0.15) is 11.1 Å². The first-order valence-corrected chi connectivity index (χ1v) is 10.7. The largest absolute Gasteiger partial charge is 0.493 e. The van der Waals surface area contributed by atoms with Gasteiger partial charge in [0.1, 0.15) is 0 Å². The maximum absolute atomic E-state index is 12.2. The highest BCUT2D eigenvalue weighted by atomic mass is 32.2. The minimum absolute atomic E-state index is 0.107. The predicted octanol–water partition coefficient (Wildman–Crippen LogP) is 3.63. The molecule has 1 N–H and O–H groups in total. The number of hydrogen-bond donors (Lipinski definition) is 1. The molecule has 0 aliphatic carbocycles. The molecule has 158 valence electrons. The Bertz CT molecular complexity index is 1190. The van der Waals surface area contributed by atoms with Crippen LogP contribution < -0.4 is 14.3 Å². The van der Waals surface area contributed by atoms with Crippen LogP contribution in [0, 0.1) is 0 Å². The second-order valence-corrected chi connectivity index (χ2v) is 7.90. The van der Waals surface area contributed by atoms with E-state index in [1.807, 2.05) is 30.3 Å². The van der Waals surface area contributed by atoms with E-state index in [0.717, 1.165) is 5.56 Å². The molecule has 0 radical (unpaired) electrons. The highest BCUT2D eigenvalue weighted by molar-refractivity contribution is 7.89. The maximum atomic E-state index is 12.2. The van der Waals surface area contributed by atoms with Gasteiger partial charge in [0.2, 0.25) is 0 Å². The molecular formula is C23H20N2O5S. The molecule has 3 aromatic carbocycles. The van der Waals surface area contributed by atoms with Crippen LogP contribution in [0.3, 0.4) is 0 Å². The predicted molar refractivity (Wildman–Crippen MR) is 118 cm³/mol. The lowest BCUT2D eigenvalue weighted by molar-refractivity contribution is -0.129. The van der Waals surface area contributed by atoms with Crippen molar-refractivity contribution in [2.45, 2.75) is 4.90 Å². The molecule has 0 saturated heterocycles. The number of esters is 1. The minimum Gasteiger partial charge on any atom is -0.493 e. The fourth-order valence-corrected chi connectivity index (χ4v) is 3.35. The van der Waals surface area contributed by atoms with Crippen LogP contribution >= 0.6 is 0 Å². The molecule has 0 spiro atoms. The van der Waals surface area contributed by atoms with Crippen LogP contribution in [0.4, 0.5) is 0 Å². The monoisotopic (exact) mass is 436 g/mol. The molecule has 8 heteroatoms. The summed E-state index contributed by atoms with van der Waals surface area (Å²) in [5, 5.41) is 3.78. The van der Waals surface area contributed by atoms with E-state index in [1.165, 1.54) is 31.5 Å². The number of rotatable bonds is 8. The Morgan fingerprint density at radius 1 is 0.903 bits per heavy atom. The lowest BCUT2D eigenvalue weighted by atomic mass is 10.2. The number of benzene rings is 3. The first-order valence-electron chi connectivity index (χ1n) is 9.21. The quantitative estimate of drug-likeness (QED) is 0.191. The average molecular weight is 436 g/mol. The van der Waals surface area contributed by atoms with Crippen molar-refractivity contribution in [2.24, 2.45) is 5.10 Å². The van der Waals surface area contributed by atoms with Gasteiger partial charge in [0.25, 0.3) is 10.0 Å². The summed E-state index contributed by atoms with van der Waals surface area (Å²) < 4.78 is 34.9. The Morgan fingerprint density at radius 3 is 2.26 bits per heavy atom. The van der Waals surface area contributed by atoms with Crippen molar-refractivity contribution in [3.63, 3.8) is 0 Å². The second-order valence-electron chi connectivity index (χ2n) is 6.24. The number of hydrazone groups is 1. The molecule has 0 unspecified atom stereocenters. The lowest BCUT2D eigenvalue weighted by Crippen LogP contribution is -2.18. The third kappa shape index (κ3) is 6.28. The fraction of sp³-hybridized carbons (Fsp3) is 0.0435. The summed E-state index contributed by atoms with van der Waals surface area (Å²) in [7, 11) is -2.32. The molecule has 3 aromatic rings. The zero-order valence-electron chi connectivity index (χ0n) is 16.6. The topological polar surface area (TPSA) is 94.1 Å². The normalized spacial score (nSPS) is 11.5. The maximum Gasteiger partial charge on any atom is 0.336 e. The third-order valence-electron chi connectivity index (χ3n) is 4.05. The van der Waals surface area contributed by atoms with Gasteiger partial charge in [-0.25, -0.2) is 9.63 Å². The number of hydrogen-bond acceptors (Lipinski definition) is 6. The van der Waals surface area contributed by atoms with Gasteiger partial charge in [0.05, 0.1) is 18.2 Å². The van der Waals surface area contributed by atoms with Crippen molar-refractivity contribution in [1.29, 1.82) is 0 Å². The molecule has 0 heterocycles. The summed E-state index contributed by atoms with van der Waals surface area (Å²) in [6.45, 7) is 0. The molecule has 0 amide bonds. The van der Waals surface area contributed by atoms with Crippen molar-refractivity contribution in [3.8, 4) is 11.5 Å². The van der Waals surface area contributed by atoms with Crippen molar-refractivity contribution in [1.82, 2.24) is 4.83 Å². The molecule has 31 heavy (non-hydrogen) atoms. The van der Waals surface area contributed by atoms with Gasteiger partial charge in [-0.05, 0) is 47.5 Å². The van der Waals surface area contributed by atoms with E-state index < -0.39 is 16.0 Å². The number of ether oxygens (including phenoxy) is 2. The Morgan fingerprint density at radius 2 is 1.58 bits per heavy atom. The summed E-state index contributed by atoms with van der Waals surface area (Å²) in [5.74, 6) is -0.0252. The molecule has 0 atom stereocenters. The zero-order chi connectivity index (χ0) is 22.1. The van der Waals surface area contributed by atoms with Crippen LogP contribution in [0.2, 0.25) is 0 Å². The summed E-state index contributed by atoms with van der Waals surface area (Å²) >= 11 is 0. The van der Waals surface area contributed by atoms with E-state index in [1.54, 1.807) is 42.5 Å². The van der Waals surface area contributed by atoms with E-state index in [2.05, 4.69) is 9.93 Å². The highest BCUT2D eigenvalue weighted by Gasteiger charge is 2.12. The number of nitrogens with one attached hydrogen (secondary N) is 1. The molecule has 0 fully saturated rings. The summed E-state index contributed by atoms with van der Waals surface area (Å²) in [6.07, 6.45) is 4.29. The molecular weight excluding hydrogens is 416 g/mol. The molecule has 3 rings (SSSR count). The minimum atomic E-state index is -3.76. The molecule has 0 aliphatic heterocycles. The number of nitrogens with zero attached hydrogens (tertiary/aromatic N) is 1. The van der Waals surface area contributed by atoms with Gasteiger partial charge in [-0.15, -0.1) is 0 Å². The smallest absolute Gasteiger partial charge is 0.336 e. The number of carbonyl (C=O) groups excluding carboxylic acids is 1. The van der Waals surface area contributed by atoms with E-state index in [4.69, 9.17) is 9.47 Å². The Kier molecular flexibility index (Phi) is 7.18. The van der Waals surface area contributed by atoms with E-state index in [-0.39, 0.29) is 10.6 Å². The number of sulfonamides is 1. The SMILES string of the molecule is COc1cc(/C=N/NS(=O)(=O)c2ccccc2)ccc1OC(=O)/C=C/c1ccccc1. The number of methoxy groups -OCH3 is 1. The van der Waals surface area contributed by atoms with E-state index >= 15 is 0 Å². The summed E-state index contributed by atoms with van der Waals surface area (Å²) in [4.78, 5) is 14.3. The van der Waals surface area contributed by atoms with E-state index in [0.29, 0.717) is 11.3 Å². The molecule has 0 aromatic heterocycles. The molecule has 7 nitrogen and oxygen atoms in total. The van der Waals surface area contributed by atoms with Gasteiger partial charge in [-0.1, -0.05) is 48.5 Å². The van der Waals surface area contributed by atoms with Crippen molar-refractivity contribution in [2.75, 3.05) is 7.11 Å². The van der Waals surface area contributed by atoms with Gasteiger partial charge in [0, 0.05) is 6.08 Å². The zero-order valence-corrected chi connectivity index (χ0v) is 17.5. The van der Waals surface area contributed by atoms with Crippen LogP contribution in [-0.4, -0.2) is 27.7 Å². The van der Waals surface area contributed by atoms with Gasteiger partial charge in [0.15, 0.2) is 11.5 Å². The van der Waals surface area contributed by atoms with Crippen LogP contribution in [0.25, 0.3) is 6.08 Å². The van der Waals surface area contributed by atoms with Crippen molar-refractivity contribution in [3.05, 3.63) is 96.1 Å². The molecule has 0 saturated carbocycles. The van der Waals surface area contributed by atoms with Crippen molar-refractivity contribution >= 4 is 28.3 Å². The third-order valence-corrected chi connectivity index (χ3v) is 5.29. The average Bonchev–Trinajstić information content (AvgIpc) is 2.80. The van der Waals surface area contributed by atoms with Gasteiger partial charge in [-0.3, -0.25) is 0 Å². The van der Waals surface area contributed by atoms with Crippen molar-refractivity contribution < 1.29 is 22.7 Å². The summed E-state index contributed by atoms with van der Waals surface area (Å²) in [6, 6.07) is 22.0. The Hall–Kier alpha value is -3.91. The molecule has 0 aliphatic rings. The standard InChI is InChI=1S/C23H20N2O5S/c1-29-22-16-19(17-24-25-31(27,28)20-10-6-3-7-11-20)12-14-21(22)30-23(26)15-13-18-8-4-2-5-9-18/h2-17,25H,1H3/b15-13+,24-17+. The molecule has 0 bridgehead atoms. The number of carbonyl (C=O) groups is 1. The Labute approximate surface area is 180 Å². The summed E-state index contributed by atoms with van der Waals surface area (Å²) in [5.41, 5.74) is 1.42. The van der Waals surface area contributed by atoms with Gasteiger partial charge >= 0.3 is 5.97 Å². The first-order chi connectivity index (χ1) is 15.0. The fourth-order valence-electron chi connectivity index (χ4n) is 2.54. The second kappa shape index (κ2) is 10.2. The highest BCUT2D eigenvalue weighted by Crippen LogP contribution is 2.27.